The van der Waals surface area contributed by atoms with Crippen LogP contribution in [0.25, 0.3) is 11.0 Å². The molecule has 2 aromatic heterocycles. The van der Waals surface area contributed by atoms with E-state index in [0.717, 1.165) is 59.2 Å². The first-order valence-corrected chi connectivity index (χ1v) is 10.1. The van der Waals surface area contributed by atoms with Gasteiger partial charge in [0.25, 0.3) is 0 Å². The first-order valence-electron chi connectivity index (χ1n) is 9.08. The standard InChI is InChI=1S/C20H22N4O2S/c1-26-16-6-4-5-15(11-16)14-27-20-22-17-7-8-21-12-18(17)24(20)13-19(25)23-9-2-3-10-23/h4-8,11-12H,2-3,9-10,13-14H2,1H3. The Morgan fingerprint density at radius 1 is 1.26 bits per heavy atom. The minimum atomic E-state index is 0.152. The molecule has 27 heavy (non-hydrogen) atoms. The maximum atomic E-state index is 12.7. The number of nitrogens with zero attached hydrogens (tertiary/aromatic N) is 4. The van der Waals surface area contributed by atoms with Crippen LogP contribution in [0.3, 0.4) is 0 Å². The van der Waals surface area contributed by atoms with Crippen LogP contribution in [0.5, 0.6) is 5.75 Å². The van der Waals surface area contributed by atoms with E-state index < -0.39 is 0 Å². The summed E-state index contributed by atoms with van der Waals surface area (Å²) in [5.74, 6) is 1.75. The molecule has 3 aromatic rings. The summed E-state index contributed by atoms with van der Waals surface area (Å²) in [7, 11) is 1.67. The zero-order valence-corrected chi connectivity index (χ0v) is 16.1. The quantitative estimate of drug-likeness (QED) is 0.612. The Kier molecular flexibility index (Phi) is 5.29. The maximum Gasteiger partial charge on any atom is 0.242 e. The third-order valence-electron chi connectivity index (χ3n) is 4.77. The molecule has 4 rings (SSSR count). The minimum Gasteiger partial charge on any atom is -0.497 e. The first-order chi connectivity index (χ1) is 13.2. The van der Waals surface area contributed by atoms with Gasteiger partial charge in [-0.25, -0.2) is 4.98 Å². The lowest BCUT2D eigenvalue weighted by Gasteiger charge is -2.16. The smallest absolute Gasteiger partial charge is 0.242 e. The number of carbonyl (C=O) groups excluding carboxylic acids is 1. The van der Waals surface area contributed by atoms with E-state index in [4.69, 9.17) is 9.72 Å². The monoisotopic (exact) mass is 382 g/mol. The third kappa shape index (κ3) is 3.93. The minimum absolute atomic E-state index is 0.152. The molecule has 1 aliphatic heterocycles. The largest absolute Gasteiger partial charge is 0.497 e. The number of carbonyl (C=O) groups is 1. The molecule has 0 unspecified atom stereocenters. The van der Waals surface area contributed by atoms with Crippen molar-refractivity contribution in [2.45, 2.75) is 30.3 Å². The van der Waals surface area contributed by atoms with E-state index in [-0.39, 0.29) is 5.91 Å². The lowest BCUT2D eigenvalue weighted by molar-refractivity contribution is -0.130. The predicted octanol–water partition coefficient (Wildman–Crippen LogP) is 3.35. The van der Waals surface area contributed by atoms with Gasteiger partial charge in [0.15, 0.2) is 5.16 Å². The fourth-order valence-electron chi connectivity index (χ4n) is 3.32. The molecule has 3 heterocycles. The van der Waals surface area contributed by atoms with Gasteiger partial charge in [0, 0.05) is 25.0 Å². The number of methoxy groups -OCH3 is 1. The van der Waals surface area contributed by atoms with Gasteiger partial charge in [-0.3, -0.25) is 9.78 Å². The van der Waals surface area contributed by atoms with E-state index in [1.54, 1.807) is 31.3 Å². The number of pyridine rings is 1. The molecule has 0 atom stereocenters. The zero-order valence-electron chi connectivity index (χ0n) is 15.3. The van der Waals surface area contributed by atoms with Crippen molar-refractivity contribution in [3.05, 3.63) is 48.3 Å². The van der Waals surface area contributed by atoms with E-state index in [1.807, 2.05) is 33.7 Å². The highest BCUT2D eigenvalue weighted by Crippen LogP contribution is 2.28. The number of ether oxygens (including phenoxy) is 1. The molecule has 0 radical (unpaired) electrons. The number of thioether (sulfide) groups is 1. The van der Waals surface area contributed by atoms with Crippen LogP contribution in [-0.4, -0.2) is 45.5 Å². The van der Waals surface area contributed by atoms with E-state index in [2.05, 4.69) is 11.1 Å². The number of hydrogen-bond donors (Lipinski definition) is 0. The maximum absolute atomic E-state index is 12.7. The number of imidazole rings is 1. The fraction of sp³-hybridized carbons (Fsp3) is 0.350. The molecule has 1 saturated heterocycles. The van der Waals surface area contributed by atoms with Gasteiger partial charge in [-0.05, 0) is 36.6 Å². The van der Waals surface area contributed by atoms with Gasteiger partial charge >= 0.3 is 0 Å². The Hall–Kier alpha value is -2.54. The van der Waals surface area contributed by atoms with Crippen molar-refractivity contribution in [3.63, 3.8) is 0 Å². The number of likely N-dealkylation sites (tertiary alicyclic amines) is 1. The fourth-order valence-corrected chi connectivity index (χ4v) is 4.28. The highest BCUT2D eigenvalue weighted by Gasteiger charge is 2.21. The van der Waals surface area contributed by atoms with Crippen LogP contribution in [-0.2, 0) is 17.1 Å². The van der Waals surface area contributed by atoms with Gasteiger partial charge < -0.3 is 14.2 Å². The van der Waals surface area contributed by atoms with Gasteiger partial charge in [0.2, 0.25) is 5.91 Å². The Labute approximate surface area is 162 Å². The zero-order chi connectivity index (χ0) is 18.6. The molecule has 7 heteroatoms. The second-order valence-corrected chi connectivity index (χ2v) is 7.52. The second kappa shape index (κ2) is 8.00. The van der Waals surface area contributed by atoms with Gasteiger partial charge in [0.1, 0.15) is 12.3 Å². The first kappa shape index (κ1) is 17.9. The summed E-state index contributed by atoms with van der Waals surface area (Å²) in [5.41, 5.74) is 2.92. The second-order valence-electron chi connectivity index (χ2n) is 6.57. The lowest BCUT2D eigenvalue weighted by Crippen LogP contribution is -2.31. The summed E-state index contributed by atoms with van der Waals surface area (Å²) in [6.07, 6.45) is 5.71. The van der Waals surface area contributed by atoms with Gasteiger partial charge in [-0.1, -0.05) is 23.9 Å². The molecule has 1 aromatic carbocycles. The van der Waals surface area contributed by atoms with E-state index in [0.29, 0.717) is 6.54 Å². The van der Waals surface area contributed by atoms with Crippen molar-refractivity contribution in [2.24, 2.45) is 0 Å². The molecule has 0 aliphatic carbocycles. The van der Waals surface area contributed by atoms with Crippen LogP contribution in [0.4, 0.5) is 0 Å². The Balaban J connectivity index is 1.58. The molecule has 0 bridgehead atoms. The average molecular weight is 382 g/mol. The number of benzene rings is 1. The molecular formula is C20H22N4O2S. The van der Waals surface area contributed by atoms with Crippen molar-refractivity contribution < 1.29 is 9.53 Å². The molecular weight excluding hydrogens is 360 g/mol. The van der Waals surface area contributed by atoms with Crippen LogP contribution in [0.1, 0.15) is 18.4 Å². The topological polar surface area (TPSA) is 60.3 Å². The van der Waals surface area contributed by atoms with Crippen molar-refractivity contribution in [2.75, 3.05) is 20.2 Å². The van der Waals surface area contributed by atoms with Crippen LogP contribution in [0.2, 0.25) is 0 Å². The van der Waals surface area contributed by atoms with E-state index in [9.17, 15) is 4.79 Å². The predicted molar refractivity (Wildman–Crippen MR) is 106 cm³/mol. The number of amides is 1. The summed E-state index contributed by atoms with van der Waals surface area (Å²) < 4.78 is 7.29. The SMILES string of the molecule is COc1cccc(CSc2nc3ccncc3n2CC(=O)N2CCCC2)c1. The van der Waals surface area contributed by atoms with E-state index in [1.165, 1.54) is 0 Å². The lowest BCUT2D eigenvalue weighted by atomic mass is 10.2. The normalized spacial score (nSPS) is 14.0. The molecule has 1 aliphatic rings. The van der Waals surface area contributed by atoms with Crippen molar-refractivity contribution >= 4 is 28.7 Å². The van der Waals surface area contributed by atoms with Crippen LogP contribution in [0.15, 0.2) is 47.9 Å². The molecule has 1 fully saturated rings. The van der Waals surface area contributed by atoms with Crippen molar-refractivity contribution in [1.29, 1.82) is 0 Å². The van der Waals surface area contributed by atoms with Crippen LogP contribution >= 0.6 is 11.8 Å². The molecule has 0 N–H and O–H groups in total. The van der Waals surface area contributed by atoms with E-state index >= 15 is 0 Å². The summed E-state index contributed by atoms with van der Waals surface area (Å²) in [4.78, 5) is 23.6. The Morgan fingerprint density at radius 3 is 2.93 bits per heavy atom. The number of aromatic nitrogens is 3. The molecule has 140 valence electrons. The van der Waals surface area contributed by atoms with Gasteiger partial charge in [0.05, 0.1) is 24.3 Å². The number of fused-ring (bicyclic) bond motifs is 1. The average Bonchev–Trinajstić information content (AvgIpc) is 3.35. The molecule has 1 amide bonds. The summed E-state index contributed by atoms with van der Waals surface area (Å²) in [5, 5.41) is 0.841. The van der Waals surface area contributed by atoms with Crippen molar-refractivity contribution in [1.82, 2.24) is 19.4 Å². The Bertz CT molecular complexity index is 950. The molecule has 0 saturated carbocycles. The van der Waals surface area contributed by atoms with Gasteiger partial charge in [-0.15, -0.1) is 0 Å². The summed E-state index contributed by atoms with van der Waals surface area (Å²) in [6.45, 7) is 2.02. The van der Waals surface area contributed by atoms with Crippen LogP contribution < -0.4 is 4.74 Å². The summed E-state index contributed by atoms with van der Waals surface area (Å²) >= 11 is 1.63. The number of rotatable bonds is 6. The molecule has 0 spiro atoms. The van der Waals surface area contributed by atoms with Gasteiger partial charge in [-0.2, -0.15) is 0 Å². The van der Waals surface area contributed by atoms with Crippen LogP contribution in [0, 0.1) is 0 Å². The highest BCUT2D eigenvalue weighted by atomic mass is 32.2. The summed E-state index contributed by atoms with van der Waals surface area (Å²) in [6, 6.07) is 9.90. The number of hydrogen-bond acceptors (Lipinski definition) is 5. The highest BCUT2D eigenvalue weighted by molar-refractivity contribution is 7.98. The van der Waals surface area contributed by atoms with Crippen molar-refractivity contribution in [3.8, 4) is 5.75 Å². The third-order valence-corrected chi connectivity index (χ3v) is 5.82. The Morgan fingerprint density at radius 2 is 2.11 bits per heavy atom. The molecule has 6 nitrogen and oxygen atoms in total.